The van der Waals surface area contributed by atoms with Crippen LogP contribution in [0.5, 0.6) is 5.75 Å². The van der Waals surface area contributed by atoms with Crippen LogP contribution in [0.3, 0.4) is 0 Å². The Kier molecular flexibility index (Phi) is 7.15. The standard InChI is InChI=1S/C28H28F3N3O3S/c1-26(2,3)34-38(35,36)23-8-5-7-21(18-23)27(4)15-6-9-24(33-27)25-17-20(14-16-32-25)19-10-12-22(13-11-19)37-28(29,30)31/h5-18,33-34H,1-4H3. The van der Waals surface area contributed by atoms with Crippen molar-refractivity contribution in [2.24, 2.45) is 0 Å². The predicted molar refractivity (Wildman–Crippen MR) is 140 cm³/mol. The highest BCUT2D eigenvalue weighted by molar-refractivity contribution is 7.89. The lowest BCUT2D eigenvalue weighted by Gasteiger charge is -2.33. The SMILES string of the molecule is CC(C)(C)NS(=O)(=O)c1cccc(C2(C)C=CC=C(c3cc(-c4ccc(OC(F)(F)F)cc4)ccn3)N2)c1. The number of benzene rings is 2. The fraction of sp³-hybridized carbons (Fsp3) is 0.250. The molecule has 0 fully saturated rings. The summed E-state index contributed by atoms with van der Waals surface area (Å²) in [7, 11) is -3.72. The highest BCUT2D eigenvalue weighted by atomic mass is 32.2. The molecule has 0 bridgehead atoms. The van der Waals surface area contributed by atoms with Gasteiger partial charge in [0.2, 0.25) is 10.0 Å². The van der Waals surface area contributed by atoms with Crippen molar-refractivity contribution in [3.63, 3.8) is 0 Å². The highest BCUT2D eigenvalue weighted by Gasteiger charge is 2.31. The summed E-state index contributed by atoms with van der Waals surface area (Å²) >= 11 is 0. The van der Waals surface area contributed by atoms with Crippen LogP contribution in [0.2, 0.25) is 0 Å². The maximum Gasteiger partial charge on any atom is 0.573 e. The van der Waals surface area contributed by atoms with E-state index in [-0.39, 0.29) is 10.6 Å². The van der Waals surface area contributed by atoms with E-state index in [0.29, 0.717) is 17.0 Å². The summed E-state index contributed by atoms with van der Waals surface area (Å²) in [6, 6.07) is 16.0. The van der Waals surface area contributed by atoms with Crippen LogP contribution in [0.25, 0.3) is 16.8 Å². The van der Waals surface area contributed by atoms with Gasteiger partial charge in [-0.1, -0.05) is 36.4 Å². The molecule has 200 valence electrons. The normalized spacial score (nSPS) is 18.0. The fourth-order valence-corrected chi connectivity index (χ4v) is 5.54. The van der Waals surface area contributed by atoms with E-state index >= 15 is 0 Å². The molecule has 6 nitrogen and oxygen atoms in total. The number of aromatic nitrogens is 1. The third-order valence-electron chi connectivity index (χ3n) is 5.73. The van der Waals surface area contributed by atoms with Crippen LogP contribution in [-0.2, 0) is 15.6 Å². The van der Waals surface area contributed by atoms with Gasteiger partial charge in [-0.15, -0.1) is 13.2 Å². The Morgan fingerprint density at radius 1 is 0.974 bits per heavy atom. The van der Waals surface area contributed by atoms with Crippen molar-refractivity contribution in [3.8, 4) is 16.9 Å². The molecular weight excluding hydrogens is 515 g/mol. The number of nitrogens with one attached hydrogen (secondary N) is 2. The van der Waals surface area contributed by atoms with E-state index in [9.17, 15) is 21.6 Å². The lowest BCUT2D eigenvalue weighted by molar-refractivity contribution is -0.274. The van der Waals surface area contributed by atoms with Gasteiger partial charge in [0.05, 0.1) is 21.8 Å². The maximum absolute atomic E-state index is 12.9. The van der Waals surface area contributed by atoms with Crippen LogP contribution < -0.4 is 14.8 Å². The molecule has 2 N–H and O–H groups in total. The van der Waals surface area contributed by atoms with E-state index in [2.05, 4.69) is 19.8 Å². The van der Waals surface area contributed by atoms with Gasteiger partial charge in [-0.05, 0) is 86.9 Å². The fourth-order valence-electron chi connectivity index (χ4n) is 4.07. The second-order valence-corrected chi connectivity index (χ2v) is 11.8. The minimum absolute atomic E-state index is 0.163. The second kappa shape index (κ2) is 9.92. The molecule has 0 spiro atoms. The summed E-state index contributed by atoms with van der Waals surface area (Å²) in [5, 5.41) is 3.45. The van der Waals surface area contributed by atoms with Crippen LogP contribution in [0.15, 0.2) is 90.0 Å². The number of hydrogen-bond donors (Lipinski definition) is 2. The maximum atomic E-state index is 12.9. The molecule has 1 aliphatic heterocycles. The van der Waals surface area contributed by atoms with Crippen molar-refractivity contribution in [1.29, 1.82) is 0 Å². The van der Waals surface area contributed by atoms with Gasteiger partial charge in [-0.2, -0.15) is 0 Å². The van der Waals surface area contributed by atoms with Crippen molar-refractivity contribution in [3.05, 3.63) is 96.3 Å². The van der Waals surface area contributed by atoms with Gasteiger partial charge in [0.15, 0.2) is 0 Å². The van der Waals surface area contributed by atoms with Gasteiger partial charge in [0.25, 0.3) is 0 Å². The smallest absolute Gasteiger partial charge is 0.406 e. The number of dihydropyridines is 1. The number of nitrogens with zero attached hydrogens (tertiary/aromatic N) is 1. The average molecular weight is 544 g/mol. The van der Waals surface area contributed by atoms with E-state index in [0.717, 1.165) is 11.1 Å². The van der Waals surface area contributed by atoms with Gasteiger partial charge in [0.1, 0.15) is 5.75 Å². The second-order valence-electron chi connectivity index (χ2n) is 10.2. The first kappa shape index (κ1) is 27.4. The summed E-state index contributed by atoms with van der Waals surface area (Å²) in [6.45, 7) is 7.28. The molecular formula is C28H28F3N3O3S. The van der Waals surface area contributed by atoms with Crippen molar-refractivity contribution >= 4 is 15.7 Å². The molecule has 10 heteroatoms. The minimum Gasteiger partial charge on any atom is -0.406 e. The van der Waals surface area contributed by atoms with E-state index < -0.39 is 27.5 Å². The number of rotatable bonds is 6. The van der Waals surface area contributed by atoms with Gasteiger partial charge in [-0.3, -0.25) is 4.98 Å². The Morgan fingerprint density at radius 3 is 2.34 bits per heavy atom. The first-order valence-corrected chi connectivity index (χ1v) is 13.3. The average Bonchev–Trinajstić information content (AvgIpc) is 2.82. The first-order chi connectivity index (χ1) is 17.6. The largest absolute Gasteiger partial charge is 0.573 e. The van der Waals surface area contributed by atoms with Crippen LogP contribution >= 0.6 is 0 Å². The number of ether oxygens (including phenoxy) is 1. The van der Waals surface area contributed by atoms with Crippen molar-refractivity contribution in [1.82, 2.24) is 15.0 Å². The van der Waals surface area contributed by atoms with E-state index in [1.165, 1.54) is 12.1 Å². The topological polar surface area (TPSA) is 80.3 Å². The molecule has 3 aromatic rings. The number of hydrogen-bond acceptors (Lipinski definition) is 5. The molecule has 1 aromatic heterocycles. The predicted octanol–water partition coefficient (Wildman–Crippen LogP) is 6.14. The Morgan fingerprint density at radius 2 is 1.68 bits per heavy atom. The molecule has 38 heavy (non-hydrogen) atoms. The van der Waals surface area contributed by atoms with Crippen LogP contribution in [0, 0.1) is 0 Å². The van der Waals surface area contributed by atoms with E-state index in [1.54, 1.807) is 63.4 Å². The molecule has 2 aromatic carbocycles. The Hall–Kier alpha value is -3.63. The molecule has 2 heterocycles. The third kappa shape index (κ3) is 6.62. The molecule has 1 unspecified atom stereocenters. The van der Waals surface area contributed by atoms with Crippen LogP contribution in [-0.4, -0.2) is 25.3 Å². The molecule has 0 radical (unpaired) electrons. The van der Waals surface area contributed by atoms with Gasteiger partial charge >= 0.3 is 6.36 Å². The summed E-state index contributed by atoms with van der Waals surface area (Å²) in [5.41, 5.74) is 2.16. The third-order valence-corrected chi connectivity index (χ3v) is 7.48. The van der Waals surface area contributed by atoms with E-state index in [4.69, 9.17) is 0 Å². The quantitative estimate of drug-likeness (QED) is 0.391. The van der Waals surface area contributed by atoms with E-state index in [1.807, 2.05) is 37.3 Å². The minimum atomic E-state index is -4.75. The first-order valence-electron chi connectivity index (χ1n) is 11.8. The summed E-state index contributed by atoms with van der Waals surface area (Å²) in [6.07, 6.45) is 2.53. The zero-order chi connectivity index (χ0) is 27.8. The number of alkyl halides is 3. The van der Waals surface area contributed by atoms with Crippen LogP contribution in [0.1, 0.15) is 39.0 Å². The Bertz CT molecular complexity index is 1490. The molecule has 4 rings (SSSR count). The van der Waals surface area contributed by atoms with Crippen molar-refractivity contribution in [2.45, 2.75) is 50.0 Å². The summed E-state index contributed by atoms with van der Waals surface area (Å²) in [5.74, 6) is -0.296. The molecule has 0 saturated carbocycles. The number of halogens is 3. The van der Waals surface area contributed by atoms with Gasteiger partial charge in [-0.25, -0.2) is 13.1 Å². The van der Waals surface area contributed by atoms with Gasteiger partial charge in [0, 0.05) is 11.7 Å². The monoisotopic (exact) mass is 543 g/mol. The number of sulfonamides is 1. The number of pyridine rings is 1. The molecule has 0 aliphatic carbocycles. The zero-order valence-electron chi connectivity index (χ0n) is 21.3. The Balaban J connectivity index is 1.58. The summed E-state index contributed by atoms with van der Waals surface area (Å²) < 4.78 is 69.8. The zero-order valence-corrected chi connectivity index (χ0v) is 22.1. The van der Waals surface area contributed by atoms with Gasteiger partial charge < -0.3 is 10.1 Å². The molecule has 1 atom stereocenters. The summed E-state index contributed by atoms with van der Waals surface area (Å²) in [4.78, 5) is 4.63. The lowest BCUT2D eigenvalue weighted by atomic mass is 9.89. The Labute approximate surface area is 220 Å². The van der Waals surface area contributed by atoms with Crippen LogP contribution in [0.4, 0.5) is 13.2 Å². The van der Waals surface area contributed by atoms with Crippen molar-refractivity contribution in [2.75, 3.05) is 0 Å². The lowest BCUT2D eigenvalue weighted by Crippen LogP contribution is -2.41. The molecule has 0 amide bonds. The molecule has 1 aliphatic rings. The highest BCUT2D eigenvalue weighted by Crippen LogP contribution is 2.32. The molecule has 0 saturated heterocycles. The van der Waals surface area contributed by atoms with Crippen molar-refractivity contribution < 1.29 is 26.3 Å². The number of allylic oxidation sites excluding steroid dienone is 2.